The van der Waals surface area contributed by atoms with Gasteiger partial charge < -0.3 is 9.80 Å². The molecule has 0 bridgehead atoms. The number of allylic oxidation sites excluding steroid dienone is 2. The number of benzene rings is 7. The molecule has 2 nitrogen and oxygen atoms in total. The van der Waals surface area contributed by atoms with Gasteiger partial charge in [0.1, 0.15) is 0 Å². The summed E-state index contributed by atoms with van der Waals surface area (Å²) in [6.45, 7) is 0. The van der Waals surface area contributed by atoms with Crippen molar-refractivity contribution in [3.8, 4) is 0 Å². The number of hydrogen-bond acceptors (Lipinski definition) is 2. The third-order valence-electron chi connectivity index (χ3n) is 8.92. The first-order valence-electron chi connectivity index (χ1n) is 16.0. The van der Waals surface area contributed by atoms with Crippen molar-refractivity contribution < 1.29 is 0 Å². The molecule has 7 aromatic rings. The lowest BCUT2D eigenvalue weighted by Crippen LogP contribution is -2.30. The molecule has 1 aliphatic rings. The van der Waals surface area contributed by atoms with E-state index in [0.29, 0.717) is 0 Å². The molecule has 8 rings (SSSR count). The molecular formula is C44H34N2. The minimum absolute atomic E-state index is 0.216. The van der Waals surface area contributed by atoms with Crippen molar-refractivity contribution in [2.45, 2.75) is 12.5 Å². The monoisotopic (exact) mass is 590 g/mol. The van der Waals surface area contributed by atoms with E-state index >= 15 is 0 Å². The molecule has 2 heteroatoms. The molecule has 0 aromatic heterocycles. The SMILES string of the molecule is C1=CC(N(c2ccccc2)c2ccc3ccccc3c2)CC=C1c1ccc(N(c2ccccc2)c2ccc3ccccc3c2)cc1. The maximum Gasteiger partial charge on any atom is 0.0560 e. The highest BCUT2D eigenvalue weighted by atomic mass is 15.2. The molecule has 0 aliphatic heterocycles. The summed E-state index contributed by atoms with van der Waals surface area (Å²) >= 11 is 0. The average Bonchev–Trinajstić information content (AvgIpc) is 3.13. The van der Waals surface area contributed by atoms with Crippen LogP contribution in [0.5, 0.6) is 0 Å². The fourth-order valence-corrected chi connectivity index (χ4v) is 6.60. The van der Waals surface area contributed by atoms with E-state index in [9.17, 15) is 0 Å². The van der Waals surface area contributed by atoms with E-state index in [1.807, 2.05) is 0 Å². The smallest absolute Gasteiger partial charge is 0.0560 e. The van der Waals surface area contributed by atoms with Crippen LogP contribution >= 0.6 is 0 Å². The van der Waals surface area contributed by atoms with E-state index in [0.717, 1.165) is 23.5 Å². The third-order valence-corrected chi connectivity index (χ3v) is 8.92. The maximum absolute atomic E-state index is 2.46. The summed E-state index contributed by atoms with van der Waals surface area (Å²) in [5, 5.41) is 4.99. The summed E-state index contributed by atoms with van der Waals surface area (Å²) in [7, 11) is 0. The van der Waals surface area contributed by atoms with E-state index in [-0.39, 0.29) is 6.04 Å². The van der Waals surface area contributed by atoms with Crippen molar-refractivity contribution in [3.63, 3.8) is 0 Å². The molecule has 1 unspecified atom stereocenters. The first-order valence-corrected chi connectivity index (χ1v) is 16.0. The van der Waals surface area contributed by atoms with Crippen LogP contribution in [0.4, 0.5) is 28.4 Å². The molecule has 0 saturated heterocycles. The zero-order valence-corrected chi connectivity index (χ0v) is 25.6. The largest absolute Gasteiger partial charge is 0.334 e. The highest BCUT2D eigenvalue weighted by Crippen LogP contribution is 2.38. The second kappa shape index (κ2) is 12.3. The van der Waals surface area contributed by atoms with Crippen LogP contribution in [0.25, 0.3) is 27.1 Å². The molecular weight excluding hydrogens is 556 g/mol. The van der Waals surface area contributed by atoms with Gasteiger partial charge in [-0.3, -0.25) is 0 Å². The predicted molar refractivity (Wildman–Crippen MR) is 197 cm³/mol. The molecule has 1 aliphatic carbocycles. The van der Waals surface area contributed by atoms with Gasteiger partial charge in [-0.1, -0.05) is 127 Å². The molecule has 46 heavy (non-hydrogen) atoms. The molecule has 0 spiro atoms. The van der Waals surface area contributed by atoms with Gasteiger partial charge in [0.15, 0.2) is 0 Å². The Bertz CT molecular complexity index is 2180. The van der Waals surface area contributed by atoms with Gasteiger partial charge in [-0.05, 0) is 99.8 Å². The lowest BCUT2D eigenvalue weighted by Gasteiger charge is -2.33. The quantitative estimate of drug-likeness (QED) is 0.182. The molecule has 0 heterocycles. The zero-order chi connectivity index (χ0) is 30.7. The van der Waals surface area contributed by atoms with E-state index < -0.39 is 0 Å². The van der Waals surface area contributed by atoms with Crippen molar-refractivity contribution in [1.82, 2.24) is 0 Å². The Balaban J connectivity index is 1.08. The summed E-state index contributed by atoms with van der Waals surface area (Å²) < 4.78 is 0. The van der Waals surface area contributed by atoms with Gasteiger partial charge in [0, 0.05) is 28.4 Å². The second-order valence-corrected chi connectivity index (χ2v) is 11.8. The second-order valence-electron chi connectivity index (χ2n) is 11.8. The lowest BCUT2D eigenvalue weighted by molar-refractivity contribution is 0.787. The van der Waals surface area contributed by atoms with E-state index in [2.05, 4.69) is 198 Å². The van der Waals surface area contributed by atoms with Crippen LogP contribution in [0.2, 0.25) is 0 Å². The number of rotatable bonds is 7. The number of nitrogens with zero attached hydrogens (tertiary/aromatic N) is 2. The number of hydrogen-bond donors (Lipinski definition) is 0. The van der Waals surface area contributed by atoms with Crippen LogP contribution in [0.1, 0.15) is 12.0 Å². The molecule has 0 N–H and O–H groups in total. The van der Waals surface area contributed by atoms with Gasteiger partial charge in [-0.25, -0.2) is 0 Å². The van der Waals surface area contributed by atoms with Crippen LogP contribution in [0.3, 0.4) is 0 Å². The highest BCUT2D eigenvalue weighted by molar-refractivity contribution is 5.90. The number of para-hydroxylation sites is 2. The number of anilines is 5. The van der Waals surface area contributed by atoms with Crippen LogP contribution in [0.15, 0.2) is 188 Å². The molecule has 0 amide bonds. The van der Waals surface area contributed by atoms with Crippen LogP contribution in [-0.4, -0.2) is 6.04 Å². The predicted octanol–water partition coefficient (Wildman–Crippen LogP) is 12.0. The van der Waals surface area contributed by atoms with Gasteiger partial charge in [0.25, 0.3) is 0 Å². The van der Waals surface area contributed by atoms with Gasteiger partial charge >= 0.3 is 0 Å². The van der Waals surface area contributed by atoms with E-state index in [4.69, 9.17) is 0 Å². The van der Waals surface area contributed by atoms with Crippen LogP contribution in [0, 0.1) is 0 Å². The van der Waals surface area contributed by atoms with Crippen LogP contribution < -0.4 is 9.80 Å². The Morgan fingerprint density at radius 3 is 1.52 bits per heavy atom. The van der Waals surface area contributed by atoms with Crippen molar-refractivity contribution in [3.05, 3.63) is 194 Å². The summed E-state index contributed by atoms with van der Waals surface area (Å²) in [6, 6.07) is 61.1. The molecule has 7 aromatic carbocycles. The Labute approximate surface area is 270 Å². The van der Waals surface area contributed by atoms with E-state index in [1.54, 1.807) is 0 Å². The highest BCUT2D eigenvalue weighted by Gasteiger charge is 2.21. The lowest BCUT2D eigenvalue weighted by atomic mass is 9.95. The molecule has 0 radical (unpaired) electrons. The Morgan fingerprint density at radius 1 is 0.413 bits per heavy atom. The fraction of sp³-hybridized carbons (Fsp3) is 0.0455. The maximum atomic E-state index is 2.46. The average molecular weight is 591 g/mol. The zero-order valence-electron chi connectivity index (χ0n) is 25.6. The fourth-order valence-electron chi connectivity index (χ4n) is 6.60. The van der Waals surface area contributed by atoms with Crippen molar-refractivity contribution in [2.24, 2.45) is 0 Å². The molecule has 1 atom stereocenters. The van der Waals surface area contributed by atoms with Gasteiger partial charge in [0.05, 0.1) is 6.04 Å². The van der Waals surface area contributed by atoms with E-state index in [1.165, 1.54) is 44.1 Å². The summed E-state index contributed by atoms with van der Waals surface area (Å²) in [4.78, 5) is 4.79. The van der Waals surface area contributed by atoms with Crippen molar-refractivity contribution in [2.75, 3.05) is 9.80 Å². The first-order chi connectivity index (χ1) is 22.8. The van der Waals surface area contributed by atoms with Gasteiger partial charge in [-0.15, -0.1) is 0 Å². The Hall–Kier alpha value is -5.86. The van der Waals surface area contributed by atoms with Crippen molar-refractivity contribution in [1.29, 1.82) is 0 Å². The molecule has 0 saturated carbocycles. The first kappa shape index (κ1) is 27.7. The molecule has 0 fully saturated rings. The topological polar surface area (TPSA) is 6.48 Å². The summed E-state index contributed by atoms with van der Waals surface area (Å²) in [5.74, 6) is 0. The Kier molecular flexibility index (Phi) is 7.38. The third kappa shape index (κ3) is 5.46. The minimum Gasteiger partial charge on any atom is -0.334 e. The van der Waals surface area contributed by atoms with Crippen molar-refractivity contribution >= 4 is 55.6 Å². The Morgan fingerprint density at radius 2 is 0.913 bits per heavy atom. The minimum atomic E-state index is 0.216. The summed E-state index contributed by atoms with van der Waals surface area (Å²) in [6.07, 6.45) is 7.95. The summed E-state index contributed by atoms with van der Waals surface area (Å²) in [5.41, 5.74) is 8.30. The molecule has 220 valence electrons. The number of fused-ring (bicyclic) bond motifs is 2. The normalized spacial score (nSPS) is 14.3. The van der Waals surface area contributed by atoms with Gasteiger partial charge in [-0.2, -0.15) is 0 Å². The van der Waals surface area contributed by atoms with Crippen LogP contribution in [-0.2, 0) is 0 Å². The standard InChI is InChI=1S/C44H34N2/c1-3-15-39(16-4-1)45(43-29-23-33-11-7-9-13-37(33)31-43)41-25-19-35(20-26-41)36-21-27-42(28-22-36)46(40-17-5-2-6-18-40)44-30-24-34-12-8-10-14-38(34)32-44/h1-27,29-32,42H,28H2. The van der Waals surface area contributed by atoms with Gasteiger partial charge in [0.2, 0.25) is 0 Å².